The molecular formula is C22H26N6O. The SMILES string of the molecule is CCC1C(=O)N(C)C2=C(NC(n3ccnc3-c3ccccc3)N=C2)N1C1CCC1. The van der Waals surface area contributed by atoms with Gasteiger partial charge >= 0.3 is 0 Å². The van der Waals surface area contributed by atoms with Gasteiger partial charge in [-0.2, -0.15) is 0 Å². The summed E-state index contributed by atoms with van der Waals surface area (Å²) in [6.07, 6.45) is 9.57. The van der Waals surface area contributed by atoms with Gasteiger partial charge < -0.3 is 15.1 Å². The summed E-state index contributed by atoms with van der Waals surface area (Å²) in [5.41, 5.74) is 1.90. The minimum Gasteiger partial charge on any atom is -0.342 e. The van der Waals surface area contributed by atoms with Gasteiger partial charge in [-0.1, -0.05) is 37.3 Å². The Morgan fingerprint density at radius 3 is 2.69 bits per heavy atom. The Labute approximate surface area is 170 Å². The number of carbonyl (C=O) groups excluding carboxylic acids is 1. The number of aromatic nitrogens is 2. The van der Waals surface area contributed by atoms with Crippen molar-refractivity contribution in [2.75, 3.05) is 7.05 Å². The molecule has 1 aromatic carbocycles. The van der Waals surface area contributed by atoms with Crippen molar-refractivity contribution in [1.82, 2.24) is 24.7 Å². The number of amides is 1. The first kappa shape index (κ1) is 18.0. The Morgan fingerprint density at radius 1 is 1.21 bits per heavy atom. The van der Waals surface area contributed by atoms with Crippen molar-refractivity contribution >= 4 is 12.1 Å². The fourth-order valence-electron chi connectivity index (χ4n) is 4.44. The zero-order chi connectivity index (χ0) is 20.0. The van der Waals surface area contributed by atoms with E-state index in [9.17, 15) is 4.79 Å². The molecular weight excluding hydrogens is 364 g/mol. The van der Waals surface area contributed by atoms with Crippen LogP contribution >= 0.6 is 0 Å². The van der Waals surface area contributed by atoms with Crippen LogP contribution in [0.4, 0.5) is 0 Å². The van der Waals surface area contributed by atoms with Crippen LogP contribution in [0, 0.1) is 0 Å². The molecule has 3 aliphatic rings. The van der Waals surface area contributed by atoms with Gasteiger partial charge in [0.2, 0.25) is 12.2 Å². The minimum absolute atomic E-state index is 0.125. The quantitative estimate of drug-likeness (QED) is 0.872. The van der Waals surface area contributed by atoms with Gasteiger partial charge in [-0.3, -0.25) is 9.36 Å². The molecule has 1 amide bonds. The third-order valence-corrected chi connectivity index (χ3v) is 6.24. The Hall–Kier alpha value is -3.09. The molecule has 1 N–H and O–H groups in total. The highest BCUT2D eigenvalue weighted by Crippen LogP contribution is 2.36. The molecule has 0 spiro atoms. The molecule has 2 atom stereocenters. The van der Waals surface area contributed by atoms with Crippen molar-refractivity contribution < 1.29 is 4.79 Å². The van der Waals surface area contributed by atoms with Crippen molar-refractivity contribution in [1.29, 1.82) is 0 Å². The lowest BCUT2D eigenvalue weighted by molar-refractivity contribution is -0.137. The highest BCUT2D eigenvalue weighted by Gasteiger charge is 2.43. The maximum atomic E-state index is 13.0. The van der Waals surface area contributed by atoms with Gasteiger partial charge in [0.1, 0.15) is 23.4 Å². The molecule has 0 radical (unpaired) electrons. The normalized spacial score (nSPS) is 24.4. The number of hydrogen-bond acceptors (Lipinski definition) is 5. The molecule has 3 heterocycles. The lowest BCUT2D eigenvalue weighted by Gasteiger charge is -2.50. The Bertz CT molecular complexity index is 974. The molecule has 5 rings (SSSR count). The molecule has 2 aliphatic heterocycles. The van der Waals surface area contributed by atoms with Crippen LogP contribution in [0.2, 0.25) is 0 Å². The summed E-state index contributed by atoms with van der Waals surface area (Å²) in [7, 11) is 1.85. The number of rotatable bonds is 4. The average molecular weight is 390 g/mol. The fraction of sp³-hybridized carbons (Fsp3) is 0.409. The maximum absolute atomic E-state index is 13.0. The maximum Gasteiger partial charge on any atom is 0.249 e. The second-order valence-corrected chi connectivity index (χ2v) is 7.87. The molecule has 0 saturated heterocycles. The van der Waals surface area contributed by atoms with E-state index in [1.54, 1.807) is 11.1 Å². The summed E-state index contributed by atoms with van der Waals surface area (Å²) < 4.78 is 2.05. The third-order valence-electron chi connectivity index (χ3n) is 6.24. The zero-order valence-corrected chi connectivity index (χ0v) is 16.8. The number of benzene rings is 1. The lowest BCUT2D eigenvalue weighted by atomic mass is 9.88. The van der Waals surface area contributed by atoms with Gasteiger partial charge in [-0.25, -0.2) is 9.98 Å². The van der Waals surface area contributed by atoms with E-state index in [4.69, 9.17) is 4.99 Å². The summed E-state index contributed by atoms with van der Waals surface area (Å²) in [5, 5.41) is 3.62. The highest BCUT2D eigenvalue weighted by molar-refractivity contribution is 5.93. The first-order valence-electron chi connectivity index (χ1n) is 10.4. The first-order valence-corrected chi connectivity index (χ1v) is 10.4. The summed E-state index contributed by atoms with van der Waals surface area (Å²) >= 11 is 0. The van der Waals surface area contributed by atoms with Crippen LogP contribution in [-0.4, -0.2) is 50.6 Å². The smallest absolute Gasteiger partial charge is 0.249 e. The molecule has 150 valence electrons. The number of aliphatic imine (C=N–C) groups is 1. The molecule has 7 nitrogen and oxygen atoms in total. The molecule has 1 aromatic heterocycles. The Morgan fingerprint density at radius 2 is 2.00 bits per heavy atom. The number of likely N-dealkylation sites (N-methyl/N-ethyl adjacent to an activating group) is 1. The van der Waals surface area contributed by atoms with Crippen LogP contribution < -0.4 is 5.32 Å². The molecule has 29 heavy (non-hydrogen) atoms. The molecule has 0 bridgehead atoms. The van der Waals surface area contributed by atoms with E-state index in [1.165, 1.54) is 6.42 Å². The molecule has 1 aliphatic carbocycles. The first-order chi connectivity index (χ1) is 14.2. The Kier molecular flexibility index (Phi) is 4.38. The van der Waals surface area contributed by atoms with Gasteiger partial charge in [0.15, 0.2) is 0 Å². The predicted octanol–water partition coefficient (Wildman–Crippen LogP) is 2.95. The molecule has 2 unspecified atom stereocenters. The number of allylic oxidation sites excluding steroid dienone is 1. The van der Waals surface area contributed by atoms with E-state index in [2.05, 4.69) is 34.3 Å². The van der Waals surface area contributed by atoms with Crippen LogP contribution in [0.15, 0.2) is 59.2 Å². The second kappa shape index (κ2) is 7.06. The van der Waals surface area contributed by atoms with E-state index in [0.29, 0.717) is 6.04 Å². The van der Waals surface area contributed by atoms with Crippen LogP contribution in [0.25, 0.3) is 11.4 Å². The number of nitrogens with one attached hydrogen (secondary N) is 1. The van der Waals surface area contributed by atoms with Crippen molar-refractivity contribution in [2.24, 2.45) is 4.99 Å². The molecule has 1 fully saturated rings. The number of hydrogen-bond donors (Lipinski definition) is 1. The minimum atomic E-state index is -0.298. The highest BCUT2D eigenvalue weighted by atomic mass is 16.2. The standard InChI is InChI=1S/C22H26N6O/c1-3-17-21(29)26(2)18-14-24-22(25-20(18)28(17)16-10-7-11-16)27-13-12-23-19(27)15-8-5-4-6-9-15/h4-6,8-9,12-14,16-17,22,25H,3,7,10-11H2,1-2H3. The van der Waals surface area contributed by atoms with Gasteiger partial charge in [0, 0.05) is 31.0 Å². The van der Waals surface area contributed by atoms with Crippen molar-refractivity contribution in [3.63, 3.8) is 0 Å². The molecule has 1 saturated carbocycles. The number of carbonyl (C=O) groups is 1. The predicted molar refractivity (Wildman–Crippen MR) is 112 cm³/mol. The van der Waals surface area contributed by atoms with Crippen LogP contribution in [0.1, 0.15) is 38.9 Å². The van der Waals surface area contributed by atoms with Crippen LogP contribution in [-0.2, 0) is 4.79 Å². The third kappa shape index (κ3) is 2.84. The monoisotopic (exact) mass is 390 g/mol. The van der Waals surface area contributed by atoms with E-state index >= 15 is 0 Å². The van der Waals surface area contributed by atoms with E-state index < -0.39 is 0 Å². The molecule has 7 heteroatoms. The fourth-order valence-corrected chi connectivity index (χ4v) is 4.44. The summed E-state index contributed by atoms with van der Waals surface area (Å²) in [6, 6.07) is 10.4. The average Bonchev–Trinajstić information content (AvgIpc) is 3.21. The van der Waals surface area contributed by atoms with Crippen molar-refractivity contribution in [2.45, 2.75) is 51.0 Å². The topological polar surface area (TPSA) is 65.8 Å². The lowest BCUT2D eigenvalue weighted by Crippen LogP contribution is -2.60. The largest absolute Gasteiger partial charge is 0.342 e. The summed E-state index contributed by atoms with van der Waals surface area (Å²) in [6.45, 7) is 2.09. The van der Waals surface area contributed by atoms with E-state index in [1.807, 2.05) is 42.2 Å². The van der Waals surface area contributed by atoms with Crippen LogP contribution in [0.3, 0.4) is 0 Å². The van der Waals surface area contributed by atoms with Crippen molar-refractivity contribution in [3.8, 4) is 11.4 Å². The number of nitrogens with zero attached hydrogens (tertiary/aromatic N) is 5. The van der Waals surface area contributed by atoms with Crippen molar-refractivity contribution in [3.05, 3.63) is 54.2 Å². The second-order valence-electron chi connectivity index (χ2n) is 7.87. The van der Waals surface area contributed by atoms with Gasteiger partial charge in [0.05, 0.1) is 6.21 Å². The summed E-state index contributed by atoms with van der Waals surface area (Å²) in [4.78, 5) is 26.3. The van der Waals surface area contributed by atoms with Gasteiger partial charge in [-0.15, -0.1) is 0 Å². The number of imidazole rings is 1. The molecule has 2 aromatic rings. The van der Waals surface area contributed by atoms with E-state index in [0.717, 1.165) is 42.2 Å². The van der Waals surface area contributed by atoms with Crippen LogP contribution in [0.5, 0.6) is 0 Å². The van der Waals surface area contributed by atoms with E-state index in [-0.39, 0.29) is 18.2 Å². The zero-order valence-electron chi connectivity index (χ0n) is 16.8. The van der Waals surface area contributed by atoms with Gasteiger partial charge in [-0.05, 0) is 25.7 Å². The summed E-state index contributed by atoms with van der Waals surface area (Å²) in [5.74, 6) is 2.03. The Balaban J connectivity index is 1.52. The van der Waals surface area contributed by atoms with Gasteiger partial charge in [0.25, 0.3) is 0 Å².